The molecule has 2 heterocycles. The molecule has 3 heteroatoms. The van der Waals surface area contributed by atoms with E-state index < -0.39 is 0 Å². The van der Waals surface area contributed by atoms with E-state index in [1.54, 1.807) is 0 Å². The molecule has 24 heavy (non-hydrogen) atoms. The summed E-state index contributed by atoms with van der Waals surface area (Å²) < 4.78 is 5.45. The van der Waals surface area contributed by atoms with Gasteiger partial charge in [0, 0.05) is 24.8 Å². The molecule has 126 valence electrons. The summed E-state index contributed by atoms with van der Waals surface area (Å²) >= 11 is 0. The number of anilines is 1. The maximum atomic E-state index is 5.45. The van der Waals surface area contributed by atoms with Gasteiger partial charge in [0.1, 0.15) is 0 Å². The van der Waals surface area contributed by atoms with Crippen LogP contribution >= 0.6 is 0 Å². The number of hydrogen-bond acceptors (Lipinski definition) is 3. The summed E-state index contributed by atoms with van der Waals surface area (Å²) in [6.07, 6.45) is 3.86. The third-order valence-corrected chi connectivity index (χ3v) is 5.20. The Hall–Kier alpha value is -1.84. The van der Waals surface area contributed by atoms with Crippen molar-refractivity contribution in [2.24, 2.45) is 0 Å². The lowest BCUT2D eigenvalue weighted by Gasteiger charge is -2.29. The summed E-state index contributed by atoms with van der Waals surface area (Å²) in [6.45, 7) is 4.77. The number of rotatable bonds is 3. The van der Waals surface area contributed by atoms with Gasteiger partial charge in [-0.2, -0.15) is 0 Å². The molecule has 4 rings (SSSR count). The molecule has 1 atom stereocenters. The SMILES string of the molecule is c1ccc(C2CCCCN2)c(-c2ccc(N3CCOCC3)cc2)c1. The van der Waals surface area contributed by atoms with Crippen molar-refractivity contribution in [2.45, 2.75) is 25.3 Å². The van der Waals surface area contributed by atoms with Gasteiger partial charge in [0.2, 0.25) is 0 Å². The molecule has 0 bridgehead atoms. The summed E-state index contributed by atoms with van der Waals surface area (Å²) in [5.41, 5.74) is 5.42. The highest BCUT2D eigenvalue weighted by Gasteiger charge is 2.18. The van der Waals surface area contributed by atoms with Crippen LogP contribution < -0.4 is 10.2 Å². The van der Waals surface area contributed by atoms with Crippen molar-refractivity contribution in [1.29, 1.82) is 0 Å². The average molecular weight is 322 g/mol. The number of nitrogens with one attached hydrogen (secondary N) is 1. The van der Waals surface area contributed by atoms with Crippen LogP contribution in [0.1, 0.15) is 30.9 Å². The Kier molecular flexibility index (Phi) is 4.81. The van der Waals surface area contributed by atoms with Crippen LogP contribution in [0.3, 0.4) is 0 Å². The fraction of sp³-hybridized carbons (Fsp3) is 0.429. The number of morpholine rings is 1. The third-order valence-electron chi connectivity index (χ3n) is 5.20. The number of piperidine rings is 1. The van der Waals surface area contributed by atoms with E-state index in [4.69, 9.17) is 4.74 Å². The van der Waals surface area contributed by atoms with Gasteiger partial charge in [0.05, 0.1) is 13.2 Å². The molecule has 1 N–H and O–H groups in total. The van der Waals surface area contributed by atoms with Crippen molar-refractivity contribution >= 4 is 5.69 Å². The molecule has 0 aromatic heterocycles. The normalized spacial score (nSPS) is 21.7. The second kappa shape index (κ2) is 7.37. The first kappa shape index (κ1) is 15.7. The Bertz CT molecular complexity index is 656. The molecule has 2 aliphatic rings. The van der Waals surface area contributed by atoms with Crippen molar-refractivity contribution < 1.29 is 4.74 Å². The van der Waals surface area contributed by atoms with Gasteiger partial charge in [-0.25, -0.2) is 0 Å². The zero-order valence-electron chi connectivity index (χ0n) is 14.2. The van der Waals surface area contributed by atoms with Crippen molar-refractivity contribution in [1.82, 2.24) is 5.32 Å². The molecule has 2 aromatic rings. The first-order chi connectivity index (χ1) is 11.9. The quantitative estimate of drug-likeness (QED) is 0.924. The highest BCUT2D eigenvalue weighted by Crippen LogP contribution is 2.33. The van der Waals surface area contributed by atoms with Crippen molar-refractivity contribution in [2.75, 3.05) is 37.7 Å². The van der Waals surface area contributed by atoms with Crippen LogP contribution in [-0.4, -0.2) is 32.8 Å². The number of benzene rings is 2. The van der Waals surface area contributed by atoms with Gasteiger partial charge in [0.25, 0.3) is 0 Å². The zero-order chi connectivity index (χ0) is 16.2. The molecule has 3 nitrogen and oxygen atoms in total. The molecular formula is C21H26N2O. The lowest BCUT2D eigenvalue weighted by Crippen LogP contribution is -2.36. The highest BCUT2D eigenvalue weighted by atomic mass is 16.5. The Morgan fingerprint density at radius 2 is 1.71 bits per heavy atom. The summed E-state index contributed by atoms with van der Waals surface area (Å²) in [4.78, 5) is 2.40. The Labute approximate surface area is 144 Å². The van der Waals surface area contributed by atoms with E-state index in [-0.39, 0.29) is 0 Å². The van der Waals surface area contributed by atoms with E-state index >= 15 is 0 Å². The minimum atomic E-state index is 0.494. The van der Waals surface area contributed by atoms with Crippen LogP contribution in [0.5, 0.6) is 0 Å². The molecule has 0 radical (unpaired) electrons. The summed E-state index contributed by atoms with van der Waals surface area (Å²) in [5.74, 6) is 0. The molecular weight excluding hydrogens is 296 g/mol. The van der Waals surface area contributed by atoms with Crippen LogP contribution in [0.2, 0.25) is 0 Å². The van der Waals surface area contributed by atoms with Crippen LogP contribution in [0, 0.1) is 0 Å². The molecule has 1 unspecified atom stereocenters. The minimum absolute atomic E-state index is 0.494. The van der Waals surface area contributed by atoms with E-state index in [0.717, 1.165) is 32.8 Å². The lowest BCUT2D eigenvalue weighted by molar-refractivity contribution is 0.122. The standard InChI is InChI=1S/C21H26N2O/c1-2-6-20(21-7-3-4-12-22-21)19(5-1)17-8-10-18(11-9-17)23-13-15-24-16-14-23/h1-2,5-6,8-11,21-22H,3-4,7,12-16H2. The van der Waals surface area contributed by atoms with Gasteiger partial charge in [-0.3, -0.25) is 0 Å². The van der Waals surface area contributed by atoms with Crippen molar-refractivity contribution in [3.8, 4) is 11.1 Å². The Balaban J connectivity index is 1.59. The topological polar surface area (TPSA) is 24.5 Å². The molecule has 2 aliphatic heterocycles. The second-order valence-corrected chi connectivity index (χ2v) is 6.74. The van der Waals surface area contributed by atoms with E-state index in [2.05, 4.69) is 58.7 Å². The lowest BCUT2D eigenvalue weighted by atomic mass is 9.90. The summed E-state index contributed by atoms with van der Waals surface area (Å²) in [6, 6.07) is 18.4. The van der Waals surface area contributed by atoms with E-state index in [1.807, 2.05) is 0 Å². The van der Waals surface area contributed by atoms with Crippen LogP contribution in [-0.2, 0) is 4.74 Å². The molecule has 2 saturated heterocycles. The number of ether oxygens (including phenoxy) is 1. The molecule has 2 aromatic carbocycles. The largest absolute Gasteiger partial charge is 0.378 e. The molecule has 0 aliphatic carbocycles. The monoisotopic (exact) mass is 322 g/mol. The van der Waals surface area contributed by atoms with E-state index in [1.165, 1.54) is 41.6 Å². The maximum Gasteiger partial charge on any atom is 0.0642 e. The van der Waals surface area contributed by atoms with Crippen molar-refractivity contribution in [3.05, 3.63) is 54.1 Å². The second-order valence-electron chi connectivity index (χ2n) is 6.74. The average Bonchev–Trinajstić information content (AvgIpc) is 2.69. The number of hydrogen-bond donors (Lipinski definition) is 1. The van der Waals surface area contributed by atoms with Crippen LogP contribution in [0.25, 0.3) is 11.1 Å². The van der Waals surface area contributed by atoms with Crippen molar-refractivity contribution in [3.63, 3.8) is 0 Å². The Morgan fingerprint density at radius 1 is 0.917 bits per heavy atom. The predicted molar refractivity (Wildman–Crippen MR) is 99.5 cm³/mol. The summed E-state index contributed by atoms with van der Waals surface area (Å²) in [5, 5.41) is 3.69. The minimum Gasteiger partial charge on any atom is -0.378 e. The number of nitrogens with zero attached hydrogens (tertiary/aromatic N) is 1. The molecule has 0 spiro atoms. The molecule has 2 fully saturated rings. The van der Waals surface area contributed by atoms with Gasteiger partial charge >= 0.3 is 0 Å². The first-order valence-corrected chi connectivity index (χ1v) is 9.17. The Morgan fingerprint density at radius 3 is 2.46 bits per heavy atom. The first-order valence-electron chi connectivity index (χ1n) is 9.17. The maximum absolute atomic E-state index is 5.45. The zero-order valence-corrected chi connectivity index (χ0v) is 14.2. The van der Waals surface area contributed by atoms with Crippen LogP contribution in [0.4, 0.5) is 5.69 Å². The molecule has 0 saturated carbocycles. The van der Waals surface area contributed by atoms with E-state index in [0.29, 0.717) is 6.04 Å². The fourth-order valence-corrected chi connectivity index (χ4v) is 3.85. The molecule has 0 amide bonds. The smallest absolute Gasteiger partial charge is 0.0642 e. The highest BCUT2D eigenvalue weighted by molar-refractivity contribution is 5.70. The van der Waals surface area contributed by atoms with Crippen LogP contribution in [0.15, 0.2) is 48.5 Å². The van der Waals surface area contributed by atoms with Gasteiger partial charge in [-0.05, 0) is 48.2 Å². The third kappa shape index (κ3) is 3.33. The van der Waals surface area contributed by atoms with Gasteiger partial charge in [0.15, 0.2) is 0 Å². The van der Waals surface area contributed by atoms with Gasteiger partial charge in [-0.1, -0.05) is 42.8 Å². The predicted octanol–water partition coefficient (Wildman–Crippen LogP) is 4.00. The fourth-order valence-electron chi connectivity index (χ4n) is 3.85. The van der Waals surface area contributed by atoms with Gasteiger partial charge < -0.3 is 15.0 Å². The van der Waals surface area contributed by atoms with E-state index in [9.17, 15) is 0 Å². The van der Waals surface area contributed by atoms with Gasteiger partial charge in [-0.15, -0.1) is 0 Å². The summed E-state index contributed by atoms with van der Waals surface area (Å²) in [7, 11) is 0.